The van der Waals surface area contributed by atoms with Crippen molar-refractivity contribution >= 4 is 11.2 Å². The molecule has 0 amide bonds. The summed E-state index contributed by atoms with van der Waals surface area (Å²) in [7, 11) is 1.23. The molecule has 4 rings (SSSR count). The summed E-state index contributed by atoms with van der Waals surface area (Å²) in [6.45, 7) is -4.70. The van der Waals surface area contributed by atoms with Gasteiger partial charge in [-0.05, 0) is 35.9 Å². The van der Waals surface area contributed by atoms with E-state index in [-0.39, 0.29) is 23.7 Å². The predicted octanol–water partition coefficient (Wildman–Crippen LogP) is 4.09. The predicted molar refractivity (Wildman–Crippen MR) is 127 cm³/mol. The number of rotatable bonds is 9. The number of halogens is 8. The molecule has 1 atom stereocenters. The van der Waals surface area contributed by atoms with E-state index in [4.69, 9.17) is 4.74 Å². The summed E-state index contributed by atoms with van der Waals surface area (Å²) in [6.07, 6.45) is -13.3. The Labute approximate surface area is 228 Å². The number of hydrogen-bond donors (Lipinski definition) is 2. The van der Waals surface area contributed by atoms with Crippen molar-refractivity contribution in [1.29, 1.82) is 0 Å². The van der Waals surface area contributed by atoms with E-state index in [1.807, 2.05) is 4.98 Å². The molecule has 0 bridgehead atoms. The van der Waals surface area contributed by atoms with Crippen molar-refractivity contribution in [2.75, 3.05) is 0 Å². The average Bonchev–Trinajstić information content (AvgIpc) is 3.22. The van der Waals surface area contributed by atoms with Crippen LogP contribution in [0.3, 0.4) is 0 Å². The summed E-state index contributed by atoms with van der Waals surface area (Å²) < 4.78 is 118. The Bertz CT molecular complexity index is 1690. The first-order valence-electron chi connectivity index (χ1n) is 11.5. The van der Waals surface area contributed by atoms with Crippen LogP contribution in [0.5, 0.6) is 17.2 Å². The number of nitrogens with zero attached hydrogens (tertiary/aromatic N) is 3. The van der Waals surface area contributed by atoms with E-state index in [2.05, 4.69) is 14.5 Å². The van der Waals surface area contributed by atoms with Crippen LogP contribution in [0.15, 0.2) is 52.1 Å². The Kier molecular flexibility index (Phi) is 8.20. The van der Waals surface area contributed by atoms with Gasteiger partial charge >= 0.3 is 24.8 Å². The molecule has 0 aliphatic heterocycles. The standard InChI is InChI=1S/C24H18F8N4O6/c1-35-17-19(36(22(39)34-20(17)38)9-16(37)23(27,28)29)33-18(35)12-4-7-14(15(8-12)42-24(30,31)32)40-10-11-2-5-13(6-3-11)41-21(25)26/h2-8,16,21,37H,9-10H2,1H3,(H,34,38,39). The van der Waals surface area contributed by atoms with Gasteiger partial charge in [0.2, 0.25) is 0 Å². The van der Waals surface area contributed by atoms with Gasteiger partial charge in [-0.25, -0.2) is 9.78 Å². The van der Waals surface area contributed by atoms with Crippen molar-refractivity contribution in [2.45, 2.75) is 38.4 Å². The first-order valence-corrected chi connectivity index (χ1v) is 11.5. The summed E-state index contributed by atoms with van der Waals surface area (Å²) >= 11 is 0. The van der Waals surface area contributed by atoms with Crippen LogP contribution < -0.4 is 25.5 Å². The third-order valence-electron chi connectivity index (χ3n) is 5.72. The van der Waals surface area contributed by atoms with Crippen LogP contribution in [0.1, 0.15) is 5.56 Å². The largest absolute Gasteiger partial charge is 0.573 e. The van der Waals surface area contributed by atoms with Crippen LogP contribution in [0.2, 0.25) is 0 Å². The molecule has 0 radical (unpaired) electrons. The number of benzene rings is 2. The van der Waals surface area contributed by atoms with Crippen LogP contribution >= 0.6 is 0 Å². The first kappa shape index (κ1) is 30.4. The number of ether oxygens (including phenoxy) is 3. The normalized spacial score (nSPS) is 13.0. The lowest BCUT2D eigenvalue weighted by molar-refractivity contribution is -0.275. The molecule has 42 heavy (non-hydrogen) atoms. The molecule has 4 aromatic rings. The van der Waals surface area contributed by atoms with Gasteiger partial charge in [0.1, 0.15) is 18.2 Å². The highest BCUT2D eigenvalue weighted by atomic mass is 19.4. The molecule has 2 heterocycles. The van der Waals surface area contributed by atoms with E-state index >= 15 is 0 Å². The van der Waals surface area contributed by atoms with Gasteiger partial charge in [-0.2, -0.15) is 22.0 Å². The second kappa shape index (κ2) is 11.3. The molecule has 10 nitrogen and oxygen atoms in total. The van der Waals surface area contributed by atoms with E-state index in [0.717, 1.165) is 16.7 Å². The van der Waals surface area contributed by atoms with Crippen molar-refractivity contribution in [2.24, 2.45) is 7.05 Å². The van der Waals surface area contributed by atoms with Crippen molar-refractivity contribution in [3.05, 3.63) is 68.9 Å². The van der Waals surface area contributed by atoms with Gasteiger partial charge in [0, 0.05) is 12.6 Å². The fourth-order valence-corrected chi connectivity index (χ4v) is 3.85. The molecule has 2 N–H and O–H groups in total. The van der Waals surface area contributed by atoms with Crippen LogP contribution in [0.4, 0.5) is 35.1 Å². The smallest absolute Gasteiger partial charge is 0.485 e. The zero-order valence-electron chi connectivity index (χ0n) is 21.0. The van der Waals surface area contributed by atoms with Crippen molar-refractivity contribution in [1.82, 2.24) is 19.1 Å². The minimum Gasteiger partial charge on any atom is -0.485 e. The number of nitrogens with one attached hydrogen (secondary N) is 1. The maximum absolute atomic E-state index is 13.2. The van der Waals surface area contributed by atoms with E-state index in [9.17, 15) is 49.8 Å². The highest BCUT2D eigenvalue weighted by molar-refractivity contribution is 5.77. The summed E-state index contributed by atoms with van der Waals surface area (Å²) in [5.74, 6) is -1.67. The number of alkyl halides is 8. The van der Waals surface area contributed by atoms with E-state index in [1.165, 1.54) is 37.4 Å². The molecule has 18 heteroatoms. The quantitative estimate of drug-likeness (QED) is 0.274. The van der Waals surface area contributed by atoms with Gasteiger partial charge in [0.15, 0.2) is 28.8 Å². The van der Waals surface area contributed by atoms with Crippen molar-refractivity contribution in [3.8, 4) is 28.6 Å². The minimum absolute atomic E-state index is 0.122. The zero-order chi connectivity index (χ0) is 31.0. The van der Waals surface area contributed by atoms with Gasteiger partial charge in [-0.3, -0.25) is 14.3 Å². The fourth-order valence-electron chi connectivity index (χ4n) is 3.85. The molecule has 226 valence electrons. The SMILES string of the molecule is Cn1c(-c2ccc(OCc3ccc(OC(F)F)cc3)c(OC(F)(F)F)c2)nc2c1c(=O)[nH]c(=O)n2CC(O)C(F)(F)F. The number of fused-ring (bicyclic) bond motifs is 1. The number of aliphatic hydroxyl groups excluding tert-OH is 1. The van der Waals surface area contributed by atoms with E-state index in [1.54, 1.807) is 0 Å². The second-order valence-corrected chi connectivity index (χ2v) is 8.61. The molecular formula is C24H18F8N4O6. The molecule has 1 unspecified atom stereocenters. The zero-order valence-corrected chi connectivity index (χ0v) is 21.0. The molecule has 0 saturated carbocycles. The second-order valence-electron chi connectivity index (χ2n) is 8.61. The average molecular weight is 610 g/mol. The summed E-state index contributed by atoms with van der Waals surface area (Å²) in [6, 6.07) is 8.18. The summed E-state index contributed by atoms with van der Waals surface area (Å²) in [5, 5.41) is 9.46. The minimum atomic E-state index is -5.19. The van der Waals surface area contributed by atoms with Gasteiger partial charge in [-0.1, -0.05) is 12.1 Å². The third-order valence-corrected chi connectivity index (χ3v) is 5.72. The maximum Gasteiger partial charge on any atom is 0.573 e. The third kappa shape index (κ3) is 6.81. The highest BCUT2D eigenvalue weighted by Crippen LogP contribution is 2.37. The van der Waals surface area contributed by atoms with Gasteiger partial charge in [0.25, 0.3) is 5.56 Å². The fraction of sp³-hybridized carbons (Fsp3) is 0.292. The number of hydrogen-bond acceptors (Lipinski definition) is 7. The van der Waals surface area contributed by atoms with Crippen LogP contribution in [0, 0.1) is 0 Å². The Balaban J connectivity index is 1.72. The molecule has 2 aromatic carbocycles. The van der Waals surface area contributed by atoms with Gasteiger partial charge in [0.05, 0.1) is 6.54 Å². The molecule has 2 aromatic heterocycles. The van der Waals surface area contributed by atoms with Gasteiger partial charge in [-0.15, -0.1) is 13.2 Å². The lowest BCUT2D eigenvalue weighted by atomic mass is 10.2. The monoisotopic (exact) mass is 610 g/mol. The number of aromatic nitrogens is 4. The molecule has 0 aliphatic carbocycles. The Morgan fingerprint density at radius 3 is 2.26 bits per heavy atom. The number of imidazole rings is 1. The van der Waals surface area contributed by atoms with Crippen molar-refractivity contribution in [3.63, 3.8) is 0 Å². The van der Waals surface area contributed by atoms with Gasteiger partial charge < -0.3 is 23.9 Å². The summed E-state index contributed by atoms with van der Waals surface area (Å²) in [4.78, 5) is 30.5. The number of H-pyrrole nitrogens is 1. The maximum atomic E-state index is 13.2. The lowest BCUT2D eigenvalue weighted by Crippen LogP contribution is -2.39. The number of aryl methyl sites for hydroxylation is 1. The Morgan fingerprint density at radius 1 is 1.00 bits per heavy atom. The molecule has 0 aliphatic rings. The molecule has 0 spiro atoms. The summed E-state index contributed by atoms with van der Waals surface area (Å²) in [5.41, 5.74) is -3.08. The highest BCUT2D eigenvalue weighted by Gasteiger charge is 2.39. The number of aromatic amines is 1. The van der Waals surface area contributed by atoms with Crippen LogP contribution in [-0.2, 0) is 20.2 Å². The van der Waals surface area contributed by atoms with E-state index in [0.29, 0.717) is 10.1 Å². The topological polar surface area (TPSA) is 121 Å². The lowest BCUT2D eigenvalue weighted by Gasteiger charge is -2.15. The molecule has 0 fully saturated rings. The Hall–Kier alpha value is -4.61. The first-order chi connectivity index (χ1) is 19.5. The van der Waals surface area contributed by atoms with E-state index < -0.39 is 65.7 Å². The van der Waals surface area contributed by atoms with Crippen molar-refractivity contribution < 1.29 is 54.4 Å². The molecule has 0 saturated heterocycles. The number of aliphatic hydroxyl groups is 1. The Morgan fingerprint density at radius 2 is 1.67 bits per heavy atom. The van der Waals surface area contributed by atoms with Crippen LogP contribution in [0.25, 0.3) is 22.6 Å². The van der Waals surface area contributed by atoms with Crippen LogP contribution in [-0.4, -0.2) is 49.5 Å². The molecular weight excluding hydrogens is 592 g/mol.